The number of aromatic nitrogens is 2. The molecule has 21 heavy (non-hydrogen) atoms. The summed E-state index contributed by atoms with van der Waals surface area (Å²) in [5.74, 6) is 1.60. The summed E-state index contributed by atoms with van der Waals surface area (Å²) in [6.45, 7) is 8.38. The average Bonchev–Trinajstić information content (AvgIpc) is 2.85. The third-order valence-corrected chi connectivity index (χ3v) is 4.13. The minimum Gasteiger partial charge on any atom is -0.370 e. The Labute approximate surface area is 126 Å². The minimum absolute atomic E-state index is 0.233. The van der Waals surface area contributed by atoms with Crippen LogP contribution in [-0.4, -0.2) is 35.5 Å². The maximum Gasteiger partial charge on any atom is 0.225 e. The van der Waals surface area contributed by atoms with E-state index in [9.17, 15) is 4.79 Å². The molecule has 6 heteroatoms. The number of nitrogens with zero attached hydrogens (tertiary/aromatic N) is 3. The Morgan fingerprint density at radius 1 is 1.48 bits per heavy atom. The van der Waals surface area contributed by atoms with Crippen LogP contribution in [0.1, 0.15) is 39.2 Å². The zero-order valence-corrected chi connectivity index (χ0v) is 13.1. The first-order valence-corrected chi connectivity index (χ1v) is 7.64. The SMILES string of the molecule is CCCc1c(NCC)ncnc1N1CCC(C)(C(N)=O)C1. The van der Waals surface area contributed by atoms with E-state index in [-0.39, 0.29) is 5.91 Å². The fraction of sp³-hybridized carbons (Fsp3) is 0.667. The molecule has 1 aliphatic rings. The van der Waals surface area contributed by atoms with Gasteiger partial charge in [-0.25, -0.2) is 9.97 Å². The maximum atomic E-state index is 11.6. The lowest BCUT2D eigenvalue weighted by Gasteiger charge is -2.24. The zero-order valence-electron chi connectivity index (χ0n) is 13.1. The van der Waals surface area contributed by atoms with E-state index in [1.54, 1.807) is 6.33 Å². The van der Waals surface area contributed by atoms with Crippen LogP contribution in [0.3, 0.4) is 0 Å². The molecular weight excluding hydrogens is 266 g/mol. The van der Waals surface area contributed by atoms with Gasteiger partial charge in [0.05, 0.1) is 5.41 Å². The number of hydrogen-bond donors (Lipinski definition) is 2. The van der Waals surface area contributed by atoms with Crippen LogP contribution in [0.5, 0.6) is 0 Å². The number of primary amides is 1. The molecule has 2 heterocycles. The second-order valence-electron chi connectivity index (χ2n) is 5.90. The van der Waals surface area contributed by atoms with E-state index in [0.717, 1.165) is 49.6 Å². The van der Waals surface area contributed by atoms with Gasteiger partial charge in [-0.1, -0.05) is 13.3 Å². The molecule has 1 aromatic rings. The van der Waals surface area contributed by atoms with Gasteiger partial charge in [0.15, 0.2) is 0 Å². The van der Waals surface area contributed by atoms with Crippen LogP contribution in [0.25, 0.3) is 0 Å². The summed E-state index contributed by atoms with van der Waals surface area (Å²) < 4.78 is 0. The lowest BCUT2D eigenvalue weighted by Crippen LogP contribution is -2.37. The van der Waals surface area contributed by atoms with E-state index in [0.29, 0.717) is 6.54 Å². The highest BCUT2D eigenvalue weighted by atomic mass is 16.1. The second-order valence-corrected chi connectivity index (χ2v) is 5.90. The van der Waals surface area contributed by atoms with Gasteiger partial charge in [0, 0.05) is 25.2 Å². The number of amides is 1. The Balaban J connectivity index is 2.31. The molecule has 0 aromatic carbocycles. The molecule has 6 nitrogen and oxygen atoms in total. The van der Waals surface area contributed by atoms with Crippen molar-refractivity contribution in [2.45, 2.75) is 40.0 Å². The molecule has 1 unspecified atom stereocenters. The fourth-order valence-corrected chi connectivity index (χ4v) is 2.82. The summed E-state index contributed by atoms with van der Waals surface area (Å²) in [4.78, 5) is 22.6. The van der Waals surface area contributed by atoms with Crippen molar-refractivity contribution in [3.05, 3.63) is 11.9 Å². The minimum atomic E-state index is -0.465. The van der Waals surface area contributed by atoms with Gasteiger partial charge in [-0.15, -0.1) is 0 Å². The second kappa shape index (κ2) is 6.28. The van der Waals surface area contributed by atoms with Gasteiger partial charge in [-0.05, 0) is 26.7 Å². The van der Waals surface area contributed by atoms with Crippen molar-refractivity contribution in [2.24, 2.45) is 11.1 Å². The van der Waals surface area contributed by atoms with Crippen LogP contribution in [0, 0.1) is 5.41 Å². The predicted octanol–water partition coefficient (Wildman–Crippen LogP) is 1.56. The molecule has 2 rings (SSSR count). The molecule has 1 fully saturated rings. The fourth-order valence-electron chi connectivity index (χ4n) is 2.82. The van der Waals surface area contributed by atoms with Gasteiger partial charge >= 0.3 is 0 Å². The van der Waals surface area contributed by atoms with Crippen molar-refractivity contribution in [3.63, 3.8) is 0 Å². The lowest BCUT2D eigenvalue weighted by molar-refractivity contribution is -0.125. The number of rotatable bonds is 6. The molecule has 1 aliphatic heterocycles. The van der Waals surface area contributed by atoms with Crippen molar-refractivity contribution in [1.29, 1.82) is 0 Å². The Kier molecular flexibility index (Phi) is 4.65. The molecule has 1 atom stereocenters. The van der Waals surface area contributed by atoms with Gasteiger partial charge < -0.3 is 16.0 Å². The zero-order chi connectivity index (χ0) is 15.5. The summed E-state index contributed by atoms with van der Waals surface area (Å²) in [7, 11) is 0. The number of carbonyl (C=O) groups excluding carboxylic acids is 1. The van der Waals surface area contributed by atoms with Crippen molar-refractivity contribution in [3.8, 4) is 0 Å². The quantitative estimate of drug-likeness (QED) is 0.831. The van der Waals surface area contributed by atoms with Crippen molar-refractivity contribution in [2.75, 3.05) is 29.9 Å². The first-order valence-electron chi connectivity index (χ1n) is 7.64. The van der Waals surface area contributed by atoms with E-state index in [4.69, 9.17) is 5.73 Å². The van der Waals surface area contributed by atoms with Crippen LogP contribution >= 0.6 is 0 Å². The van der Waals surface area contributed by atoms with Gasteiger partial charge in [0.2, 0.25) is 5.91 Å². The smallest absolute Gasteiger partial charge is 0.225 e. The number of nitrogens with one attached hydrogen (secondary N) is 1. The molecule has 0 radical (unpaired) electrons. The largest absolute Gasteiger partial charge is 0.370 e. The molecule has 3 N–H and O–H groups in total. The predicted molar refractivity (Wildman–Crippen MR) is 84.3 cm³/mol. The average molecular weight is 291 g/mol. The van der Waals surface area contributed by atoms with Crippen molar-refractivity contribution in [1.82, 2.24) is 9.97 Å². The highest BCUT2D eigenvalue weighted by Gasteiger charge is 2.40. The summed E-state index contributed by atoms with van der Waals surface area (Å²) in [6, 6.07) is 0. The van der Waals surface area contributed by atoms with Crippen LogP contribution in [0.15, 0.2) is 6.33 Å². The molecule has 1 aromatic heterocycles. The van der Waals surface area contributed by atoms with Gasteiger partial charge in [0.1, 0.15) is 18.0 Å². The number of nitrogens with two attached hydrogens (primary N) is 1. The Morgan fingerprint density at radius 3 is 2.81 bits per heavy atom. The van der Waals surface area contributed by atoms with Crippen LogP contribution in [-0.2, 0) is 11.2 Å². The van der Waals surface area contributed by atoms with E-state index >= 15 is 0 Å². The third-order valence-electron chi connectivity index (χ3n) is 4.13. The van der Waals surface area contributed by atoms with E-state index < -0.39 is 5.41 Å². The summed E-state index contributed by atoms with van der Waals surface area (Å²) in [5, 5.41) is 3.30. The van der Waals surface area contributed by atoms with Crippen LogP contribution in [0.2, 0.25) is 0 Å². The maximum absolute atomic E-state index is 11.6. The van der Waals surface area contributed by atoms with Gasteiger partial charge in [0.25, 0.3) is 0 Å². The highest BCUT2D eigenvalue weighted by molar-refractivity contribution is 5.82. The molecule has 0 saturated carbocycles. The van der Waals surface area contributed by atoms with Gasteiger partial charge in [-0.3, -0.25) is 4.79 Å². The molecule has 0 aliphatic carbocycles. The van der Waals surface area contributed by atoms with Crippen molar-refractivity contribution < 1.29 is 4.79 Å². The summed E-state index contributed by atoms with van der Waals surface area (Å²) in [6.07, 6.45) is 4.31. The number of anilines is 2. The number of hydrogen-bond acceptors (Lipinski definition) is 5. The van der Waals surface area contributed by atoms with Crippen LogP contribution in [0.4, 0.5) is 11.6 Å². The molecule has 0 bridgehead atoms. The monoisotopic (exact) mass is 291 g/mol. The van der Waals surface area contributed by atoms with E-state index in [1.165, 1.54) is 0 Å². The standard InChI is InChI=1S/C15H25N5O/c1-4-6-11-12(17-5-2)18-10-19-13(11)20-8-7-15(3,9-20)14(16)21/h10H,4-9H2,1-3H3,(H2,16,21)(H,17,18,19). The normalized spacial score (nSPS) is 21.6. The Morgan fingerprint density at radius 2 is 2.24 bits per heavy atom. The molecule has 1 amide bonds. The molecule has 116 valence electrons. The Hall–Kier alpha value is -1.85. The number of carbonyl (C=O) groups is 1. The third kappa shape index (κ3) is 3.09. The first kappa shape index (κ1) is 15.5. The molecule has 0 spiro atoms. The molecular formula is C15H25N5O. The highest BCUT2D eigenvalue weighted by Crippen LogP contribution is 2.35. The van der Waals surface area contributed by atoms with Crippen molar-refractivity contribution >= 4 is 17.5 Å². The Bertz CT molecular complexity index is 519. The summed E-state index contributed by atoms with van der Waals surface area (Å²) in [5.41, 5.74) is 6.21. The lowest BCUT2D eigenvalue weighted by atomic mass is 9.89. The van der Waals surface area contributed by atoms with E-state index in [1.807, 2.05) is 6.92 Å². The summed E-state index contributed by atoms with van der Waals surface area (Å²) >= 11 is 0. The van der Waals surface area contributed by atoms with E-state index in [2.05, 4.69) is 34.0 Å². The van der Waals surface area contributed by atoms with Crippen LogP contribution < -0.4 is 16.0 Å². The van der Waals surface area contributed by atoms with Gasteiger partial charge in [-0.2, -0.15) is 0 Å². The topological polar surface area (TPSA) is 84.1 Å². The molecule has 1 saturated heterocycles. The first-order chi connectivity index (χ1) is 10.0.